The molecule has 0 spiro atoms. The van der Waals surface area contributed by atoms with E-state index in [9.17, 15) is 0 Å². The van der Waals surface area contributed by atoms with Crippen molar-refractivity contribution in [3.8, 4) is 0 Å². The molecule has 0 aliphatic carbocycles. The summed E-state index contributed by atoms with van der Waals surface area (Å²) < 4.78 is 123. The van der Waals surface area contributed by atoms with E-state index >= 15 is 0 Å². The van der Waals surface area contributed by atoms with Gasteiger partial charge in [0.05, 0.1) is 20.6 Å². The van der Waals surface area contributed by atoms with Gasteiger partial charge < -0.3 is 9.80 Å². The summed E-state index contributed by atoms with van der Waals surface area (Å²) >= 11 is 0. The molecule has 1 aromatic heterocycles. The normalized spacial score (nSPS) is 13.1. The van der Waals surface area contributed by atoms with Crippen LogP contribution in [0.3, 0.4) is 0 Å². The molecule has 0 aliphatic heterocycles. The molecule has 0 bridgehead atoms. The Kier molecular flexibility index (Phi) is 13.5. The van der Waals surface area contributed by atoms with Gasteiger partial charge in [0.25, 0.3) is 0 Å². The van der Waals surface area contributed by atoms with Gasteiger partial charge >= 0.3 is 0 Å². The molecule has 364 valence electrons. The molecule has 9 aromatic rings. The first-order chi connectivity index (χ1) is 40.1. The number of hydrogen-bond donors (Lipinski definition) is 0. The number of anilines is 6. The van der Waals surface area contributed by atoms with Gasteiger partial charge in [-0.3, -0.25) is 0 Å². The summed E-state index contributed by atoms with van der Waals surface area (Å²) in [4.78, 5) is 15.1. The molecule has 0 amide bonds. The third-order valence-electron chi connectivity index (χ3n) is 10.2. The van der Waals surface area contributed by atoms with Crippen molar-refractivity contribution in [1.29, 1.82) is 0 Å². The predicted molar refractivity (Wildman–Crippen MR) is 306 cm³/mol. The lowest BCUT2D eigenvalue weighted by Crippen LogP contribution is -2.09. The van der Waals surface area contributed by atoms with Crippen LogP contribution in [0, 0.1) is 104 Å². The second-order valence-electron chi connectivity index (χ2n) is 17.5. The highest BCUT2D eigenvalue weighted by atomic mass is 15.1. The van der Waals surface area contributed by atoms with Crippen LogP contribution in [0.2, 0.25) is 0 Å². The minimum atomic E-state index is -0.589. The van der Waals surface area contributed by atoms with Crippen molar-refractivity contribution in [2.75, 3.05) is 9.80 Å². The first-order valence-electron chi connectivity index (χ1n) is 30.9. The van der Waals surface area contributed by atoms with Gasteiger partial charge in [0.15, 0.2) is 0 Å². The summed E-state index contributed by atoms with van der Waals surface area (Å²) in [5, 5.41) is 0. The number of rotatable bonds is 6. The molecule has 0 fully saturated rings. The summed E-state index contributed by atoms with van der Waals surface area (Å²) in [6, 6.07) is 27.5. The topological polar surface area (TPSA) is 45.2 Å². The summed E-state index contributed by atoms with van der Waals surface area (Å²) in [5.74, 6) is 2.38. The van der Waals surface area contributed by atoms with Crippen LogP contribution in [0.15, 0.2) is 182 Å². The van der Waals surface area contributed by atoms with Gasteiger partial charge in [0.2, 0.25) is 0 Å². The molecular weight excluding hydrogens is 863 g/mol. The van der Waals surface area contributed by atoms with Crippen molar-refractivity contribution in [3.05, 3.63) is 266 Å². The Labute approximate surface area is 448 Å². The maximum absolute atomic E-state index is 8.52. The molecule has 5 nitrogen and oxygen atoms in total. The van der Waals surface area contributed by atoms with Crippen LogP contribution >= 0.6 is 0 Å². The highest BCUT2D eigenvalue weighted by Crippen LogP contribution is 2.36. The zero-order valence-corrected chi connectivity index (χ0v) is 43.9. The molecule has 0 N–H and O–H groups in total. The highest BCUT2D eigenvalue weighted by Gasteiger charge is 2.13. The molecule has 0 saturated carbocycles. The molecular formula is C66H75N5. The molecule has 0 radical (unpaired) electrons. The third kappa shape index (κ3) is 18.0. The van der Waals surface area contributed by atoms with E-state index < -0.39 is 89.6 Å². The van der Waals surface area contributed by atoms with Crippen LogP contribution in [0.1, 0.15) is 105 Å². The fraction of sp³-hybridized carbons (Fsp3) is 0.227. The molecule has 0 saturated heterocycles. The largest absolute Gasteiger partial charge is 0.311 e. The van der Waals surface area contributed by atoms with Gasteiger partial charge in [-0.05, 0) is 177 Å². The van der Waals surface area contributed by atoms with Gasteiger partial charge in [-0.25, -0.2) is 15.0 Å². The van der Waals surface area contributed by atoms with Gasteiger partial charge in [-0.2, -0.15) is 0 Å². The third-order valence-corrected chi connectivity index (χ3v) is 10.2. The first kappa shape index (κ1) is 36.3. The Bertz CT molecular complexity index is 3330. The summed E-state index contributed by atoms with van der Waals surface area (Å²) in [5.41, 5.74) is 12.0. The van der Waals surface area contributed by atoms with E-state index in [2.05, 4.69) is 152 Å². The van der Waals surface area contributed by atoms with E-state index in [1.54, 1.807) is 20.8 Å². The maximum Gasteiger partial charge on any atom is 0.129 e. The zero-order valence-electron chi connectivity index (χ0n) is 58.9. The molecule has 0 unspecified atom stereocenters. The van der Waals surface area contributed by atoms with Crippen molar-refractivity contribution < 1.29 is 20.6 Å². The van der Waals surface area contributed by atoms with Crippen molar-refractivity contribution in [2.24, 2.45) is 0 Å². The fourth-order valence-corrected chi connectivity index (χ4v) is 7.22. The quantitative estimate of drug-likeness (QED) is 0.166. The smallest absolute Gasteiger partial charge is 0.129 e. The molecule has 0 atom stereocenters. The van der Waals surface area contributed by atoms with Crippen molar-refractivity contribution in [1.82, 2.24) is 15.0 Å². The van der Waals surface area contributed by atoms with E-state index in [1.807, 2.05) is 20.8 Å². The first-order valence-corrected chi connectivity index (χ1v) is 23.4. The second kappa shape index (κ2) is 26.4. The van der Waals surface area contributed by atoms with Crippen LogP contribution in [-0.2, 0) is 0 Å². The summed E-state index contributed by atoms with van der Waals surface area (Å²) in [7, 11) is 0. The van der Waals surface area contributed by atoms with Crippen LogP contribution in [-0.4, -0.2) is 15.0 Å². The lowest BCUT2D eigenvalue weighted by atomic mass is 10.1. The number of aryl methyl sites for hydroxylation is 9. The Morgan fingerprint density at radius 3 is 0.676 bits per heavy atom. The monoisotopic (exact) mass is 953 g/mol. The van der Waals surface area contributed by atoms with Gasteiger partial charge in [-0.15, -0.1) is 0 Å². The summed E-state index contributed by atoms with van der Waals surface area (Å²) in [6.07, 6.45) is 0. The average Bonchev–Trinajstić information content (AvgIpc) is 0.879. The Morgan fingerprint density at radius 1 is 0.239 bits per heavy atom. The Balaban J connectivity index is 0.000000219. The molecule has 8 aromatic carbocycles. The van der Waals surface area contributed by atoms with Gasteiger partial charge in [-0.1, -0.05) is 176 Å². The predicted octanol–water partition coefficient (Wildman–Crippen LogP) is 18.2. The number of nitrogens with zero attached hydrogens (tertiary/aromatic N) is 5. The second-order valence-corrected chi connectivity index (χ2v) is 17.5. The minimum absolute atomic E-state index is 0.0330. The lowest BCUT2D eigenvalue weighted by molar-refractivity contribution is 0.875. The van der Waals surface area contributed by atoms with E-state index in [4.69, 9.17) is 20.6 Å². The van der Waals surface area contributed by atoms with Crippen LogP contribution in [0.5, 0.6) is 0 Å². The Hall–Kier alpha value is -7.63. The molecule has 1 heterocycles. The lowest BCUT2D eigenvalue weighted by Gasteiger charge is -2.25. The van der Waals surface area contributed by atoms with Crippen molar-refractivity contribution in [2.45, 2.75) is 104 Å². The number of aromatic nitrogens is 3. The number of hydrogen-bond acceptors (Lipinski definition) is 5. The van der Waals surface area contributed by atoms with Gasteiger partial charge in [0, 0.05) is 34.1 Å². The highest BCUT2D eigenvalue weighted by molar-refractivity contribution is 5.78. The van der Waals surface area contributed by atoms with Crippen LogP contribution in [0.4, 0.5) is 34.1 Å². The van der Waals surface area contributed by atoms with Crippen LogP contribution < -0.4 is 9.80 Å². The van der Waals surface area contributed by atoms with E-state index in [0.717, 1.165) is 22.4 Å². The standard InChI is InChI=1S/2C21H21N.2C9H12.C6H9N3/c2*1-16-4-10-19(11-5-16)22(20-12-6-17(2)7-13-20)21-14-8-18(3)9-15-21;2*1-7-4-8(2)6-9(3)5-7;1-4-7-5(2)9-6(3)8-4/h2*4-15H,1-3H3;2*4-6H,1-3H3;1-3H3/i4D,5D,6D,7D,8D,9D,10D,11D,12D,13D,14D,15D;;4D,5D,6D;;. The van der Waals surface area contributed by atoms with Gasteiger partial charge in [0.1, 0.15) is 17.5 Å². The fourth-order valence-electron chi connectivity index (χ4n) is 7.22. The van der Waals surface area contributed by atoms with E-state index in [1.165, 1.54) is 71.2 Å². The number of benzene rings is 8. The SMILES string of the molecule is Cc1cc(C)cc(C)c1.Cc1ccc(N(c2ccc(C)cc2)c2ccc(C)cc2)cc1.Cc1nc(C)nc(C)n1.[2H]c1c(C)c([2H])c(C)c([2H])c1C.[2H]c1c([2H])c(N(c2c([2H])c([2H])c(C)c([2H])c2[2H])c2c([2H])c([2H])c(C)c([2H])c2[2H])c([2H])c([2H])c1C. The Morgan fingerprint density at radius 2 is 0.451 bits per heavy atom. The van der Waals surface area contributed by atoms with Crippen LogP contribution in [0.25, 0.3) is 0 Å². The molecule has 5 heteroatoms. The summed E-state index contributed by atoms with van der Waals surface area (Å²) in [6.45, 7) is 27.7. The van der Waals surface area contributed by atoms with Crippen molar-refractivity contribution >= 4 is 34.1 Å². The van der Waals surface area contributed by atoms with E-state index in [-0.39, 0.29) is 16.7 Å². The maximum atomic E-state index is 8.52. The molecule has 9 rings (SSSR count). The van der Waals surface area contributed by atoms with Crippen molar-refractivity contribution in [3.63, 3.8) is 0 Å². The molecule has 71 heavy (non-hydrogen) atoms. The average molecular weight is 953 g/mol. The van der Waals surface area contributed by atoms with E-state index in [0.29, 0.717) is 34.8 Å². The zero-order chi connectivity index (χ0) is 64.7. The molecule has 0 aliphatic rings. The minimum Gasteiger partial charge on any atom is -0.311 e.